The largest absolute Gasteiger partial charge is 0.446 e. The number of aliphatic hydroxyl groups is 3. The lowest BCUT2D eigenvalue weighted by Crippen LogP contribution is -2.59. The maximum Gasteiger partial charge on any atom is 0.407 e. The third-order valence-corrected chi connectivity index (χ3v) is 17.4. The summed E-state index contributed by atoms with van der Waals surface area (Å²) < 4.78 is 28.6. The van der Waals surface area contributed by atoms with Crippen molar-refractivity contribution in [2.45, 2.75) is 147 Å². The molecule has 0 aromatic heterocycles. The number of nitrogens with one attached hydrogen (secondary N) is 2. The highest BCUT2D eigenvalue weighted by Crippen LogP contribution is 2.70. The Morgan fingerprint density at radius 2 is 1.46 bits per heavy atom. The van der Waals surface area contributed by atoms with Gasteiger partial charge in [0.25, 0.3) is 5.08 Å². The molecule has 4 aliphatic rings. The molecule has 4 rings (SSSR count). The number of carbonyl (C=O) groups is 2. The van der Waals surface area contributed by atoms with E-state index in [1.165, 1.54) is 12.8 Å². The number of rotatable bonds is 15. The lowest BCUT2D eigenvalue weighted by molar-refractivity contribution is -0.179. The molecule has 0 unspecified atom stereocenters. The van der Waals surface area contributed by atoms with Crippen LogP contribution in [0.5, 0.6) is 0 Å². The number of amides is 2. The van der Waals surface area contributed by atoms with Gasteiger partial charge in [-0.25, -0.2) is 4.79 Å². The first-order valence-corrected chi connectivity index (χ1v) is 21.8. The Balaban J connectivity index is 1.26. The van der Waals surface area contributed by atoms with E-state index in [9.17, 15) is 53.6 Å². The molecule has 0 heterocycles. The van der Waals surface area contributed by atoms with Crippen LogP contribution >= 0.6 is 15.2 Å². The Bertz CT molecular complexity index is 1280. The van der Waals surface area contributed by atoms with Crippen LogP contribution in [0.25, 0.3) is 0 Å². The number of hydrogen-bond donors (Lipinski definition) is 9. The highest BCUT2D eigenvalue weighted by molar-refractivity contribution is 7.72. The standard InChI is InChI=1S/C34H62N2O12P2/c1-5-6-7-8-14-33(4,40)28-11-10-24-23-20-27(37)26-19-22(12-16-31(26,2)25(23)13-17-32(24,28)3)48-30(39)36-21-29(38)35-18-9-15-34(41,49(42,43)44)50(45,46)47/h22-28,37,40-41H,5-21H2,1-4H3,(H,35,38)(H,36,39)(H2,42,43,44)(H2,45,46,47)/t22-,23-,24-,25-,26+,27-,28-,31+,32-,33-/m0/s1. The first-order chi connectivity index (χ1) is 23.1. The molecule has 10 atom stereocenters. The van der Waals surface area contributed by atoms with Gasteiger partial charge in [-0.05, 0) is 112 Å². The summed E-state index contributed by atoms with van der Waals surface area (Å²) in [6, 6.07) is 0. The number of aliphatic hydroxyl groups excluding tert-OH is 1. The van der Waals surface area contributed by atoms with Crippen LogP contribution in [0.3, 0.4) is 0 Å². The molecule has 0 aromatic carbocycles. The van der Waals surface area contributed by atoms with Gasteiger partial charge in [-0.1, -0.05) is 46.5 Å². The van der Waals surface area contributed by atoms with E-state index in [0.29, 0.717) is 30.6 Å². The monoisotopic (exact) mass is 752 g/mol. The van der Waals surface area contributed by atoms with Gasteiger partial charge in [-0.2, -0.15) is 0 Å². The maximum absolute atomic E-state index is 12.6. The van der Waals surface area contributed by atoms with Crippen molar-refractivity contribution in [3.63, 3.8) is 0 Å². The summed E-state index contributed by atoms with van der Waals surface area (Å²) in [5, 5.41) is 34.5. The maximum atomic E-state index is 12.6. The fourth-order valence-corrected chi connectivity index (χ4v) is 13.2. The average molecular weight is 753 g/mol. The summed E-state index contributed by atoms with van der Waals surface area (Å²) in [7, 11) is -11.2. The van der Waals surface area contributed by atoms with E-state index in [4.69, 9.17) is 4.74 Å². The molecule has 0 bridgehead atoms. The highest BCUT2D eigenvalue weighted by atomic mass is 31.2. The predicted octanol–water partition coefficient (Wildman–Crippen LogP) is 4.33. The molecule has 50 heavy (non-hydrogen) atoms. The highest BCUT2D eigenvalue weighted by Gasteiger charge is 2.64. The summed E-state index contributed by atoms with van der Waals surface area (Å²) in [6.45, 7) is 8.22. The Labute approximate surface area is 296 Å². The molecule has 4 aliphatic carbocycles. The summed E-state index contributed by atoms with van der Waals surface area (Å²) in [6.07, 6.45) is 9.32. The lowest BCUT2D eigenvalue weighted by atomic mass is 9.43. The third-order valence-electron chi connectivity index (χ3n) is 13.5. The number of hydrogen-bond acceptors (Lipinski definition) is 8. The molecule has 0 saturated heterocycles. The van der Waals surface area contributed by atoms with E-state index in [0.717, 1.165) is 57.8 Å². The predicted molar refractivity (Wildman–Crippen MR) is 186 cm³/mol. The molecule has 16 heteroatoms. The second-order valence-electron chi connectivity index (χ2n) is 16.6. The quantitative estimate of drug-likeness (QED) is 0.0839. The van der Waals surface area contributed by atoms with E-state index in [2.05, 4.69) is 38.3 Å². The van der Waals surface area contributed by atoms with Crippen LogP contribution in [0.4, 0.5) is 4.79 Å². The summed E-state index contributed by atoms with van der Waals surface area (Å²) in [5.74, 6) is 0.888. The van der Waals surface area contributed by atoms with Gasteiger partial charge in [0, 0.05) is 13.0 Å². The van der Waals surface area contributed by atoms with Gasteiger partial charge in [-0.3, -0.25) is 13.9 Å². The van der Waals surface area contributed by atoms with Crippen LogP contribution in [-0.4, -0.2) is 82.9 Å². The number of fused-ring (bicyclic) bond motifs is 5. The minimum Gasteiger partial charge on any atom is -0.446 e. The Morgan fingerprint density at radius 3 is 2.10 bits per heavy atom. The van der Waals surface area contributed by atoms with Crippen molar-refractivity contribution in [1.82, 2.24) is 10.6 Å². The minimum atomic E-state index is -5.58. The van der Waals surface area contributed by atoms with Crippen molar-refractivity contribution in [3.8, 4) is 0 Å². The minimum absolute atomic E-state index is 0.0261. The van der Waals surface area contributed by atoms with Crippen molar-refractivity contribution < 1.29 is 58.3 Å². The molecule has 0 aromatic rings. The van der Waals surface area contributed by atoms with Crippen LogP contribution in [0.1, 0.15) is 124 Å². The lowest BCUT2D eigenvalue weighted by Gasteiger charge is -2.62. The van der Waals surface area contributed by atoms with Crippen LogP contribution < -0.4 is 10.6 Å². The summed E-state index contributed by atoms with van der Waals surface area (Å²) in [4.78, 5) is 61.7. The van der Waals surface area contributed by atoms with Gasteiger partial charge in [0.05, 0.1) is 18.2 Å². The third kappa shape index (κ3) is 8.49. The van der Waals surface area contributed by atoms with Crippen molar-refractivity contribution in [1.29, 1.82) is 0 Å². The number of unbranched alkanes of at least 4 members (excludes halogenated alkanes) is 3. The van der Waals surface area contributed by atoms with E-state index in [1.807, 2.05) is 0 Å². The molecule has 0 spiro atoms. The first kappa shape index (κ1) is 41.7. The topological polar surface area (TPSA) is 243 Å². The van der Waals surface area contributed by atoms with Crippen molar-refractivity contribution >= 4 is 27.2 Å². The molecule has 4 saturated carbocycles. The van der Waals surface area contributed by atoms with Gasteiger partial charge < -0.3 is 50.3 Å². The Kier molecular flexibility index (Phi) is 13.1. The first-order valence-electron chi connectivity index (χ1n) is 18.6. The van der Waals surface area contributed by atoms with Crippen LogP contribution in [0.15, 0.2) is 0 Å². The molecule has 4 fully saturated rings. The Hall–Kier alpha value is -1.08. The van der Waals surface area contributed by atoms with E-state index < -0.39 is 63.0 Å². The number of carbonyl (C=O) groups excluding carboxylic acids is 2. The van der Waals surface area contributed by atoms with E-state index in [1.54, 1.807) is 0 Å². The molecule has 2 amide bonds. The molecule has 9 N–H and O–H groups in total. The zero-order valence-electron chi connectivity index (χ0n) is 30.1. The van der Waals surface area contributed by atoms with Crippen LogP contribution in [-0.2, 0) is 18.7 Å². The van der Waals surface area contributed by atoms with Crippen molar-refractivity contribution in [2.75, 3.05) is 13.1 Å². The van der Waals surface area contributed by atoms with E-state index in [-0.39, 0.29) is 35.6 Å². The summed E-state index contributed by atoms with van der Waals surface area (Å²) in [5.41, 5.74) is -0.722. The zero-order valence-corrected chi connectivity index (χ0v) is 31.9. The van der Waals surface area contributed by atoms with Crippen LogP contribution in [0, 0.1) is 40.4 Å². The molecule has 0 radical (unpaired) electrons. The molecule has 290 valence electrons. The van der Waals surface area contributed by atoms with Gasteiger partial charge in [0.1, 0.15) is 6.10 Å². The van der Waals surface area contributed by atoms with Gasteiger partial charge in [0.2, 0.25) is 5.91 Å². The zero-order chi connectivity index (χ0) is 37.3. The summed E-state index contributed by atoms with van der Waals surface area (Å²) >= 11 is 0. The fourth-order valence-electron chi connectivity index (χ4n) is 10.9. The Morgan fingerprint density at radius 1 is 0.820 bits per heavy atom. The number of alkyl carbamates (subject to hydrolysis) is 1. The SMILES string of the molecule is CCCCCC[C@](C)(O)[C@H]1CC[C@H]2[C@@H]3C[C@H](O)[C@H]4C[C@@H](OC(=O)NCC(=O)NCCCC(O)(P(=O)(O)O)P(=O)(O)O)CC[C@]4(C)[C@H]3CC[C@@]21C. The van der Waals surface area contributed by atoms with Crippen LogP contribution in [0.2, 0.25) is 0 Å². The van der Waals surface area contributed by atoms with Gasteiger partial charge in [0.15, 0.2) is 0 Å². The van der Waals surface area contributed by atoms with Gasteiger partial charge >= 0.3 is 21.3 Å². The number of ether oxygens (including phenoxy) is 1. The second kappa shape index (κ2) is 15.7. The molecule has 0 aliphatic heterocycles. The van der Waals surface area contributed by atoms with Crippen molar-refractivity contribution in [3.05, 3.63) is 0 Å². The second-order valence-corrected chi connectivity index (χ2v) is 20.6. The normalized spacial score (nSPS) is 35.6. The van der Waals surface area contributed by atoms with Gasteiger partial charge in [-0.15, -0.1) is 0 Å². The molecular weight excluding hydrogens is 690 g/mol. The van der Waals surface area contributed by atoms with E-state index >= 15 is 0 Å². The molecule has 14 nitrogen and oxygen atoms in total. The average Bonchev–Trinajstić information content (AvgIpc) is 3.38. The molecular formula is C34H62N2O12P2. The fraction of sp³-hybridized carbons (Fsp3) is 0.941. The smallest absolute Gasteiger partial charge is 0.407 e. The van der Waals surface area contributed by atoms with Crippen molar-refractivity contribution in [2.24, 2.45) is 40.4 Å².